The summed E-state index contributed by atoms with van der Waals surface area (Å²) in [6.45, 7) is 4.27. The molecule has 0 aromatic heterocycles. The Labute approximate surface area is 85.4 Å². The third-order valence-electron chi connectivity index (χ3n) is 3.22. The molecule has 3 heteroatoms. The first-order valence-electron chi connectivity index (χ1n) is 5.68. The Kier molecular flexibility index (Phi) is 2.77. The van der Waals surface area contributed by atoms with Crippen LogP contribution in [0.3, 0.4) is 0 Å². The van der Waals surface area contributed by atoms with Gasteiger partial charge in [0.2, 0.25) is 0 Å². The Morgan fingerprint density at radius 1 is 1.14 bits per heavy atom. The summed E-state index contributed by atoms with van der Waals surface area (Å²) in [6, 6.07) is 0.780. The number of nitrogens with zero attached hydrogens (tertiary/aromatic N) is 1. The van der Waals surface area contributed by atoms with E-state index >= 15 is 0 Å². The highest BCUT2D eigenvalue weighted by molar-refractivity contribution is 5.74. The Hall–Kier alpha value is -0.570. The van der Waals surface area contributed by atoms with Crippen molar-refractivity contribution in [1.29, 1.82) is 0 Å². The number of hydrogen-bond donors (Lipinski definition) is 0. The van der Waals surface area contributed by atoms with Crippen molar-refractivity contribution in [2.24, 2.45) is 5.92 Å². The number of hydroxylamine groups is 2. The summed E-state index contributed by atoms with van der Waals surface area (Å²) in [7, 11) is 0. The summed E-state index contributed by atoms with van der Waals surface area (Å²) in [4.78, 5) is 16.9. The molecule has 2 rings (SSSR count). The zero-order valence-corrected chi connectivity index (χ0v) is 9.03. The van der Waals surface area contributed by atoms with E-state index < -0.39 is 0 Å². The van der Waals surface area contributed by atoms with Crippen LogP contribution in [0.1, 0.15) is 46.0 Å². The maximum absolute atomic E-state index is 11.5. The number of carbonyl (C=O) groups excluding carboxylic acids is 1. The number of piperidine rings is 1. The van der Waals surface area contributed by atoms with Gasteiger partial charge in [0.05, 0.1) is 5.92 Å². The van der Waals surface area contributed by atoms with Gasteiger partial charge >= 0.3 is 5.97 Å². The highest BCUT2D eigenvalue weighted by Crippen LogP contribution is 2.32. The maximum atomic E-state index is 11.5. The largest absolute Gasteiger partial charge is 0.367 e. The van der Waals surface area contributed by atoms with Gasteiger partial charge in [0.25, 0.3) is 0 Å². The van der Waals surface area contributed by atoms with Crippen LogP contribution in [-0.4, -0.2) is 23.1 Å². The van der Waals surface area contributed by atoms with E-state index in [-0.39, 0.29) is 11.9 Å². The van der Waals surface area contributed by atoms with Crippen LogP contribution < -0.4 is 0 Å². The summed E-state index contributed by atoms with van der Waals surface area (Å²) < 4.78 is 0. The SMILES string of the molecule is CC1CCCC(C)N1OC(=O)C1CC1. The molecule has 0 N–H and O–H groups in total. The lowest BCUT2D eigenvalue weighted by Gasteiger charge is -2.36. The van der Waals surface area contributed by atoms with E-state index in [2.05, 4.69) is 13.8 Å². The fraction of sp³-hybridized carbons (Fsp3) is 0.909. The van der Waals surface area contributed by atoms with Gasteiger partial charge in [0.1, 0.15) is 0 Å². The first-order chi connectivity index (χ1) is 6.68. The number of carbonyl (C=O) groups is 1. The molecule has 2 unspecified atom stereocenters. The second kappa shape index (κ2) is 3.89. The van der Waals surface area contributed by atoms with Crippen molar-refractivity contribution < 1.29 is 9.63 Å². The summed E-state index contributed by atoms with van der Waals surface area (Å²) in [5.74, 6) is 0.196. The first kappa shape index (κ1) is 9.97. The van der Waals surface area contributed by atoms with Crippen LogP contribution in [0.15, 0.2) is 0 Å². The molecule has 14 heavy (non-hydrogen) atoms. The fourth-order valence-electron chi connectivity index (χ4n) is 2.07. The van der Waals surface area contributed by atoms with Crippen molar-refractivity contribution in [2.75, 3.05) is 0 Å². The van der Waals surface area contributed by atoms with Gasteiger partial charge in [-0.3, -0.25) is 4.79 Å². The van der Waals surface area contributed by atoms with Crippen molar-refractivity contribution in [3.05, 3.63) is 0 Å². The zero-order valence-electron chi connectivity index (χ0n) is 9.03. The monoisotopic (exact) mass is 197 g/mol. The maximum Gasteiger partial charge on any atom is 0.328 e. The molecule has 1 saturated heterocycles. The lowest BCUT2D eigenvalue weighted by molar-refractivity contribution is -0.221. The van der Waals surface area contributed by atoms with E-state index in [9.17, 15) is 4.79 Å². The van der Waals surface area contributed by atoms with E-state index in [0.717, 1.165) is 25.7 Å². The highest BCUT2D eigenvalue weighted by Gasteiger charge is 2.35. The van der Waals surface area contributed by atoms with Crippen molar-refractivity contribution >= 4 is 5.97 Å². The molecule has 0 amide bonds. The van der Waals surface area contributed by atoms with Gasteiger partial charge in [0, 0.05) is 12.1 Å². The average Bonchev–Trinajstić information content (AvgIpc) is 2.94. The predicted molar refractivity (Wildman–Crippen MR) is 53.4 cm³/mol. The molecule has 0 spiro atoms. The van der Waals surface area contributed by atoms with E-state index in [1.165, 1.54) is 6.42 Å². The molecule has 1 aliphatic heterocycles. The minimum absolute atomic E-state index is 0.00870. The summed E-state index contributed by atoms with van der Waals surface area (Å²) >= 11 is 0. The average molecular weight is 197 g/mol. The van der Waals surface area contributed by atoms with Crippen LogP contribution in [0.2, 0.25) is 0 Å². The molecule has 0 bridgehead atoms. The molecule has 1 saturated carbocycles. The van der Waals surface area contributed by atoms with Crippen LogP contribution in [0.5, 0.6) is 0 Å². The third-order valence-corrected chi connectivity index (χ3v) is 3.22. The van der Waals surface area contributed by atoms with Gasteiger partial charge in [-0.25, -0.2) is 0 Å². The van der Waals surface area contributed by atoms with Gasteiger partial charge < -0.3 is 4.84 Å². The predicted octanol–water partition coefficient (Wildman–Crippen LogP) is 2.12. The third kappa shape index (κ3) is 2.08. The molecule has 1 aliphatic carbocycles. The Balaban J connectivity index is 1.89. The molecule has 0 aromatic rings. The van der Waals surface area contributed by atoms with Crippen molar-refractivity contribution in [3.63, 3.8) is 0 Å². The molecule has 2 atom stereocenters. The molecule has 2 fully saturated rings. The van der Waals surface area contributed by atoms with E-state index in [1.807, 2.05) is 5.06 Å². The van der Waals surface area contributed by atoms with Gasteiger partial charge in [-0.15, -0.1) is 5.06 Å². The zero-order chi connectivity index (χ0) is 10.1. The van der Waals surface area contributed by atoms with Gasteiger partial charge in [-0.05, 0) is 39.5 Å². The van der Waals surface area contributed by atoms with Crippen LogP contribution in [0.25, 0.3) is 0 Å². The second-order valence-corrected chi connectivity index (χ2v) is 4.67. The Morgan fingerprint density at radius 2 is 1.71 bits per heavy atom. The molecule has 80 valence electrons. The summed E-state index contributed by atoms with van der Waals surface area (Å²) in [6.07, 6.45) is 5.58. The summed E-state index contributed by atoms with van der Waals surface area (Å²) in [5, 5.41) is 1.91. The molecule has 2 aliphatic rings. The van der Waals surface area contributed by atoms with Crippen LogP contribution in [-0.2, 0) is 9.63 Å². The lowest BCUT2D eigenvalue weighted by atomic mass is 10.0. The van der Waals surface area contributed by atoms with Crippen molar-refractivity contribution in [1.82, 2.24) is 5.06 Å². The standard InChI is InChI=1S/C11H19NO2/c1-8-4-3-5-9(2)12(8)14-11(13)10-6-7-10/h8-10H,3-7H2,1-2H3. The van der Waals surface area contributed by atoms with Gasteiger partial charge in [-0.2, -0.15) is 0 Å². The van der Waals surface area contributed by atoms with Gasteiger partial charge in [-0.1, -0.05) is 6.42 Å². The minimum atomic E-state index is -0.00870. The van der Waals surface area contributed by atoms with Crippen molar-refractivity contribution in [3.8, 4) is 0 Å². The molecule has 1 heterocycles. The molecule has 3 nitrogen and oxygen atoms in total. The molecular formula is C11H19NO2. The molecule has 0 radical (unpaired) electrons. The lowest BCUT2D eigenvalue weighted by Crippen LogP contribution is -2.45. The smallest absolute Gasteiger partial charge is 0.328 e. The number of hydrogen-bond acceptors (Lipinski definition) is 3. The quantitative estimate of drug-likeness (QED) is 0.679. The Morgan fingerprint density at radius 3 is 2.21 bits per heavy atom. The van der Waals surface area contributed by atoms with Crippen LogP contribution in [0, 0.1) is 5.92 Å². The second-order valence-electron chi connectivity index (χ2n) is 4.67. The summed E-state index contributed by atoms with van der Waals surface area (Å²) in [5.41, 5.74) is 0. The molecule has 0 aromatic carbocycles. The van der Waals surface area contributed by atoms with Gasteiger partial charge in [0.15, 0.2) is 0 Å². The topological polar surface area (TPSA) is 29.5 Å². The minimum Gasteiger partial charge on any atom is -0.367 e. The van der Waals surface area contributed by atoms with Crippen molar-refractivity contribution in [2.45, 2.75) is 58.0 Å². The number of rotatable bonds is 2. The van der Waals surface area contributed by atoms with Crippen LogP contribution in [0.4, 0.5) is 0 Å². The molecular weight excluding hydrogens is 178 g/mol. The Bertz CT molecular complexity index is 215. The van der Waals surface area contributed by atoms with Crippen LogP contribution >= 0.6 is 0 Å². The van der Waals surface area contributed by atoms with E-state index in [1.54, 1.807) is 0 Å². The first-order valence-corrected chi connectivity index (χ1v) is 5.68. The highest BCUT2D eigenvalue weighted by atomic mass is 16.7. The fourth-order valence-corrected chi connectivity index (χ4v) is 2.07. The van der Waals surface area contributed by atoms with E-state index in [4.69, 9.17) is 4.84 Å². The van der Waals surface area contributed by atoms with E-state index in [0.29, 0.717) is 12.1 Å². The normalized spacial score (nSPS) is 34.1.